The number of carboxylic acids is 2. The van der Waals surface area contributed by atoms with Crippen molar-refractivity contribution in [1.82, 2.24) is 0 Å². The summed E-state index contributed by atoms with van der Waals surface area (Å²) in [6, 6.07) is 0. The molecule has 0 aromatic rings. The van der Waals surface area contributed by atoms with Crippen LogP contribution in [0.4, 0.5) is 0 Å². The molecule has 0 spiro atoms. The second kappa shape index (κ2) is 12.1. The van der Waals surface area contributed by atoms with Crippen LogP contribution in [0.5, 0.6) is 0 Å². The van der Waals surface area contributed by atoms with Crippen LogP contribution in [0, 0.1) is 0 Å². The fourth-order valence-electron chi connectivity index (χ4n) is 1.27. The predicted molar refractivity (Wildman–Crippen MR) is 63.6 cm³/mol. The molecule has 0 saturated heterocycles. The molecule has 0 amide bonds. The molecule has 0 bridgehead atoms. The topological polar surface area (TPSA) is 74.6 Å². The van der Waals surface area contributed by atoms with Gasteiger partial charge in [-0.15, -0.1) is 0 Å². The van der Waals surface area contributed by atoms with Crippen LogP contribution in [-0.4, -0.2) is 81.3 Å². The van der Waals surface area contributed by atoms with Crippen molar-refractivity contribution in [3.8, 4) is 0 Å². The molecule has 0 aromatic heterocycles. The zero-order valence-electron chi connectivity index (χ0n) is 10.5. The average molecular weight is 246 g/mol. The minimum Gasteiger partial charge on any atom is -0.478 e. The van der Waals surface area contributed by atoms with Gasteiger partial charge in [0.2, 0.25) is 0 Å². The van der Waals surface area contributed by atoms with E-state index in [-0.39, 0.29) is 70.3 Å². The first-order valence-corrected chi connectivity index (χ1v) is 4.73. The van der Waals surface area contributed by atoms with Gasteiger partial charge in [0.1, 0.15) is 0 Å². The third kappa shape index (κ3) is 7.87. The summed E-state index contributed by atoms with van der Waals surface area (Å²) in [6.07, 6.45) is 1.91. The summed E-state index contributed by atoms with van der Waals surface area (Å²) in [4.78, 5) is 21.6. The molecule has 2 N–H and O–H groups in total. The molecule has 6 heteroatoms. The summed E-state index contributed by atoms with van der Waals surface area (Å²) < 4.78 is 0. The Kier molecular flexibility index (Phi) is 16.6. The van der Waals surface area contributed by atoms with Crippen molar-refractivity contribution in [2.24, 2.45) is 0 Å². The second-order valence-corrected chi connectivity index (χ2v) is 3.07. The Balaban J connectivity index is -0.000000845. The normalized spacial score (nSPS) is 10.6. The standard InChI is InChI=1S/C10H16O4.2Na/c1-3-5-7(9(11)12)8(6-4-2)10(13)14;;/h3-6H2,1-2H3,(H,11,12)(H,13,14);;/b8-7-;;. The van der Waals surface area contributed by atoms with Crippen molar-refractivity contribution in [2.45, 2.75) is 39.5 Å². The Morgan fingerprint density at radius 1 is 0.812 bits per heavy atom. The van der Waals surface area contributed by atoms with Gasteiger partial charge in [-0.25, -0.2) is 9.59 Å². The maximum atomic E-state index is 10.8. The zero-order valence-corrected chi connectivity index (χ0v) is 14.5. The fourth-order valence-corrected chi connectivity index (χ4v) is 1.27. The summed E-state index contributed by atoms with van der Waals surface area (Å²) in [5.74, 6) is -2.23. The van der Waals surface area contributed by atoms with Gasteiger partial charge in [0.15, 0.2) is 0 Å². The van der Waals surface area contributed by atoms with Crippen LogP contribution in [0.2, 0.25) is 0 Å². The van der Waals surface area contributed by atoms with E-state index in [1.165, 1.54) is 0 Å². The smallest absolute Gasteiger partial charge is 0.332 e. The number of hydrogen-bond donors (Lipinski definition) is 2. The predicted octanol–water partition coefficient (Wildman–Crippen LogP) is 1.29. The van der Waals surface area contributed by atoms with E-state index in [1.54, 1.807) is 0 Å². The van der Waals surface area contributed by atoms with E-state index in [1.807, 2.05) is 13.8 Å². The van der Waals surface area contributed by atoms with Crippen LogP contribution < -0.4 is 0 Å². The number of carbonyl (C=O) groups is 2. The molecule has 0 aliphatic carbocycles. The van der Waals surface area contributed by atoms with Gasteiger partial charge in [0, 0.05) is 70.3 Å². The molecule has 2 radical (unpaired) electrons. The van der Waals surface area contributed by atoms with Crippen molar-refractivity contribution in [3.63, 3.8) is 0 Å². The molecular formula is C10H16Na2O4. The number of rotatable bonds is 6. The van der Waals surface area contributed by atoms with Gasteiger partial charge >= 0.3 is 11.9 Å². The summed E-state index contributed by atoms with van der Waals surface area (Å²) in [7, 11) is 0. The molecular weight excluding hydrogens is 230 g/mol. The van der Waals surface area contributed by atoms with Crippen LogP contribution in [0.25, 0.3) is 0 Å². The maximum absolute atomic E-state index is 10.8. The first-order chi connectivity index (χ1) is 6.54. The Morgan fingerprint density at radius 2 is 1.06 bits per heavy atom. The van der Waals surface area contributed by atoms with Gasteiger partial charge in [0.25, 0.3) is 0 Å². The summed E-state index contributed by atoms with van der Waals surface area (Å²) in [6.45, 7) is 3.66. The van der Waals surface area contributed by atoms with Crippen LogP contribution >= 0.6 is 0 Å². The molecule has 0 atom stereocenters. The van der Waals surface area contributed by atoms with E-state index in [0.717, 1.165) is 0 Å². The third-order valence-electron chi connectivity index (χ3n) is 1.88. The third-order valence-corrected chi connectivity index (χ3v) is 1.88. The zero-order chi connectivity index (χ0) is 11.1. The van der Waals surface area contributed by atoms with E-state index in [4.69, 9.17) is 10.2 Å². The van der Waals surface area contributed by atoms with Crippen molar-refractivity contribution in [3.05, 3.63) is 11.1 Å². The molecule has 0 aliphatic rings. The average Bonchev–Trinajstić information content (AvgIpc) is 2.10. The first kappa shape index (κ1) is 21.9. The van der Waals surface area contributed by atoms with Crippen molar-refractivity contribution in [1.29, 1.82) is 0 Å². The first-order valence-electron chi connectivity index (χ1n) is 4.73. The van der Waals surface area contributed by atoms with Gasteiger partial charge in [-0.1, -0.05) is 26.7 Å². The van der Waals surface area contributed by atoms with Crippen molar-refractivity contribution < 1.29 is 19.8 Å². The van der Waals surface area contributed by atoms with Gasteiger partial charge in [-0.2, -0.15) is 0 Å². The van der Waals surface area contributed by atoms with Gasteiger partial charge in [0.05, 0.1) is 0 Å². The Hall–Kier alpha value is 0.680. The Bertz CT molecular complexity index is 236. The Labute approximate surface area is 140 Å². The van der Waals surface area contributed by atoms with Gasteiger partial charge in [-0.05, 0) is 12.8 Å². The van der Waals surface area contributed by atoms with E-state index < -0.39 is 11.9 Å². The molecule has 82 valence electrons. The summed E-state index contributed by atoms with van der Waals surface area (Å²) in [5.41, 5.74) is 0.0868. The van der Waals surface area contributed by atoms with Crippen LogP contribution in [0.1, 0.15) is 39.5 Å². The molecule has 0 heterocycles. The van der Waals surface area contributed by atoms with Crippen LogP contribution in [0.15, 0.2) is 11.1 Å². The van der Waals surface area contributed by atoms with Crippen molar-refractivity contribution >= 4 is 71.1 Å². The molecule has 0 rings (SSSR count). The second-order valence-electron chi connectivity index (χ2n) is 3.07. The molecule has 16 heavy (non-hydrogen) atoms. The SMILES string of the molecule is CCC/C(C(=O)O)=C(\CCC)C(=O)O.[Na].[Na]. The van der Waals surface area contributed by atoms with E-state index >= 15 is 0 Å². The van der Waals surface area contributed by atoms with Crippen molar-refractivity contribution in [2.75, 3.05) is 0 Å². The number of aliphatic carboxylic acids is 2. The molecule has 0 saturated carbocycles. The van der Waals surface area contributed by atoms with E-state index in [0.29, 0.717) is 25.7 Å². The quantitative estimate of drug-likeness (QED) is 0.547. The van der Waals surface area contributed by atoms with Gasteiger partial charge < -0.3 is 10.2 Å². The molecule has 0 aromatic carbocycles. The summed E-state index contributed by atoms with van der Waals surface area (Å²) >= 11 is 0. The maximum Gasteiger partial charge on any atom is 0.332 e. The van der Waals surface area contributed by atoms with E-state index in [9.17, 15) is 9.59 Å². The number of hydrogen-bond acceptors (Lipinski definition) is 2. The molecule has 0 aliphatic heterocycles. The Morgan fingerprint density at radius 3 is 1.19 bits per heavy atom. The fraction of sp³-hybridized carbons (Fsp3) is 0.600. The summed E-state index contributed by atoms with van der Waals surface area (Å²) in [5, 5.41) is 17.7. The molecule has 4 nitrogen and oxygen atoms in total. The molecule has 0 fully saturated rings. The van der Waals surface area contributed by atoms with E-state index in [2.05, 4.69) is 0 Å². The van der Waals surface area contributed by atoms with Crippen LogP contribution in [0.3, 0.4) is 0 Å². The largest absolute Gasteiger partial charge is 0.478 e. The van der Waals surface area contributed by atoms with Gasteiger partial charge in [-0.3, -0.25) is 0 Å². The minimum atomic E-state index is -1.11. The monoisotopic (exact) mass is 246 g/mol. The molecule has 0 unspecified atom stereocenters. The number of carboxylic acid groups (broad SMARTS) is 2. The minimum absolute atomic E-state index is 0. The van der Waals surface area contributed by atoms with Crippen LogP contribution in [-0.2, 0) is 9.59 Å².